The molecular formula is C69H55B2BrCl3N13O10S3. The third-order valence-electron chi connectivity index (χ3n) is 16.6. The number of carboxylic acids is 2. The van der Waals surface area contributed by atoms with Crippen LogP contribution in [-0.4, -0.2) is 123 Å². The van der Waals surface area contributed by atoms with Crippen molar-refractivity contribution < 1.29 is 49.4 Å². The number of esters is 1. The number of hydrogen-bond acceptors (Lipinski definition) is 19. The minimum absolute atomic E-state index is 0.0652. The number of H-pyrrole nitrogens is 2. The zero-order valence-corrected chi connectivity index (χ0v) is 59.2. The molecule has 16 rings (SSSR count). The van der Waals surface area contributed by atoms with Crippen molar-refractivity contribution in [2.45, 2.75) is 45.8 Å². The number of aliphatic carboxylic acids is 2. The van der Waals surface area contributed by atoms with Gasteiger partial charge in [0.25, 0.3) is 0 Å². The molecule has 10 aromatic heterocycles. The van der Waals surface area contributed by atoms with Gasteiger partial charge < -0.3 is 70.2 Å². The molecule has 0 fully saturated rings. The van der Waals surface area contributed by atoms with E-state index in [4.69, 9.17) is 51.0 Å². The number of anilines is 2. The standard InChI is InChI=1S/C24H17ClN6O2S.C21H19BClNO4S.C19H15BClNO4S.C5H4BrN5/c25-15-2-4-19-17(7-15)14(10-34-19)9-31-8-13(6-20(32)33)16-3-1-12(5-18(16)31)21-22-23(28-11-27-22)30-24(26)29-21;1-2-28-21(25)7-13-10-24(19-8-15(22(26)27)3-5-17(13)19)11-14-12-29-20-6-4-16(23)9-18(14)20;21-14-2-4-18-16(7-14)12(10-27-18)9-22-8-11(5-19(23)24)15-3-1-13(20(25)26)6-17(15)22;6-3-2-4(9-1-8-2)11-5(7)10-3/h1-5,7-8,10-11H,6,9H2,(H,32,33)(H3,26,27,28,29,30);3-6,8-10,12,26-27H,2,7,11H2,1H3;1-4,6-8,10,25-26H,5,9H2,(H,23,24);1H,(H3,7,8,9,10,11). The van der Waals surface area contributed by atoms with Crippen LogP contribution in [0.15, 0.2) is 161 Å². The number of nitrogens with one attached hydrogen (secondary N) is 2. The van der Waals surface area contributed by atoms with Crippen LogP contribution in [0.1, 0.15) is 40.3 Å². The van der Waals surface area contributed by atoms with Crippen LogP contribution >= 0.6 is 84.7 Å². The first-order valence-corrected chi connectivity index (χ1v) is 35.4. The zero-order chi connectivity index (χ0) is 70.9. The molecule has 0 radical (unpaired) electrons. The van der Waals surface area contributed by atoms with E-state index in [0.717, 1.165) is 102 Å². The van der Waals surface area contributed by atoms with Crippen molar-refractivity contribution in [1.82, 2.24) is 53.6 Å². The van der Waals surface area contributed by atoms with Crippen molar-refractivity contribution in [2.75, 3.05) is 18.1 Å². The molecule has 0 saturated heterocycles. The van der Waals surface area contributed by atoms with Gasteiger partial charge in [-0.25, -0.2) is 19.9 Å². The number of halogens is 4. The molecule has 10 heterocycles. The van der Waals surface area contributed by atoms with Crippen LogP contribution in [0.4, 0.5) is 11.9 Å². The minimum atomic E-state index is -1.58. The van der Waals surface area contributed by atoms with E-state index >= 15 is 0 Å². The zero-order valence-electron chi connectivity index (χ0n) is 52.8. The molecule has 508 valence electrons. The first-order valence-electron chi connectivity index (χ1n) is 30.8. The van der Waals surface area contributed by atoms with Gasteiger partial charge in [-0.05, 0) is 172 Å². The number of ether oxygens (including phenoxy) is 1. The number of nitrogens with zero attached hydrogens (tertiary/aromatic N) is 9. The Morgan fingerprint density at radius 2 is 0.921 bits per heavy atom. The van der Waals surface area contributed by atoms with Crippen LogP contribution in [-0.2, 0) is 58.0 Å². The molecule has 0 aliphatic heterocycles. The highest BCUT2D eigenvalue weighted by atomic mass is 79.9. The van der Waals surface area contributed by atoms with Crippen molar-refractivity contribution in [1.29, 1.82) is 0 Å². The Kier molecular flexibility index (Phi) is 20.6. The molecule has 16 aromatic rings. The second kappa shape index (κ2) is 29.8. The maximum absolute atomic E-state index is 12.0. The van der Waals surface area contributed by atoms with Crippen molar-refractivity contribution in [3.05, 3.63) is 210 Å². The lowest BCUT2D eigenvalue weighted by atomic mass is 9.80. The molecule has 23 nitrogen and oxygen atoms in total. The predicted molar refractivity (Wildman–Crippen MR) is 405 cm³/mol. The Morgan fingerprint density at radius 3 is 1.36 bits per heavy atom. The number of carbonyl (C=O) groups excluding carboxylic acids is 1. The molecule has 0 bridgehead atoms. The number of carboxylic acid groups (broad SMARTS) is 2. The summed E-state index contributed by atoms with van der Waals surface area (Å²) < 4.78 is 15.2. The summed E-state index contributed by atoms with van der Waals surface area (Å²) in [5, 5.41) is 70.9. The number of fused-ring (bicyclic) bond motifs is 8. The van der Waals surface area contributed by atoms with Gasteiger partial charge in [0.05, 0.1) is 38.5 Å². The smallest absolute Gasteiger partial charge is 0.481 e. The Hall–Kier alpha value is -9.75. The van der Waals surface area contributed by atoms with Gasteiger partial charge in [-0.3, -0.25) is 14.4 Å². The van der Waals surface area contributed by atoms with Crippen LogP contribution in [0.25, 0.3) is 96.6 Å². The quantitative estimate of drug-likeness (QED) is 0.0244. The molecule has 101 heavy (non-hydrogen) atoms. The molecule has 6 aromatic carbocycles. The fourth-order valence-electron chi connectivity index (χ4n) is 12.1. The SMILES string of the molecule is CCOC(=O)Cc1cn(Cc2csc3ccc(Cl)cc23)c2cc(B(O)O)ccc12.Nc1nc(-c2ccc3c(CC(=O)O)cn(Cc4csc5ccc(Cl)cc45)c3c2)c2[nH]cnc2n1.Nc1nc(Br)c2[nH]cnc2n1.O=C(O)Cc1cn(Cc2csc3ccc(Cl)cc23)c2cc(B(O)O)ccc12. The average molecular weight is 1530 g/mol. The Morgan fingerprint density at radius 1 is 0.515 bits per heavy atom. The lowest BCUT2D eigenvalue weighted by molar-refractivity contribution is -0.142. The van der Waals surface area contributed by atoms with E-state index in [0.29, 0.717) is 84.9 Å². The van der Waals surface area contributed by atoms with Crippen molar-refractivity contribution in [3.63, 3.8) is 0 Å². The number of nitrogen functional groups attached to an aromatic ring is 2. The van der Waals surface area contributed by atoms with Gasteiger partial charge in [0.2, 0.25) is 11.9 Å². The van der Waals surface area contributed by atoms with Gasteiger partial charge in [-0.1, -0.05) is 71.2 Å². The topological polar surface area (TPSA) is 358 Å². The second-order valence-corrected chi connectivity index (χ2v) is 28.0. The summed E-state index contributed by atoms with van der Waals surface area (Å²) in [6.07, 6.45) is 8.77. The van der Waals surface area contributed by atoms with E-state index in [-0.39, 0.29) is 37.1 Å². The first-order chi connectivity index (χ1) is 48.6. The van der Waals surface area contributed by atoms with Crippen LogP contribution in [0, 0.1) is 0 Å². The summed E-state index contributed by atoms with van der Waals surface area (Å²) in [4.78, 5) is 65.3. The number of rotatable bonds is 16. The van der Waals surface area contributed by atoms with Gasteiger partial charge in [0.1, 0.15) is 21.3 Å². The number of thiophene rings is 3. The molecule has 0 saturated carbocycles. The van der Waals surface area contributed by atoms with Gasteiger partial charge in [0, 0.05) is 106 Å². The van der Waals surface area contributed by atoms with Crippen LogP contribution in [0.3, 0.4) is 0 Å². The fourth-order valence-corrected chi connectivity index (χ4v) is 15.9. The summed E-state index contributed by atoms with van der Waals surface area (Å²) in [7, 11) is -3.14. The van der Waals surface area contributed by atoms with Crippen LogP contribution in [0.2, 0.25) is 15.1 Å². The Balaban J connectivity index is 0.000000126. The van der Waals surface area contributed by atoms with Gasteiger partial charge in [-0.2, -0.15) is 9.97 Å². The van der Waals surface area contributed by atoms with Gasteiger partial charge >= 0.3 is 32.1 Å². The highest BCUT2D eigenvalue weighted by Crippen LogP contribution is 2.37. The van der Waals surface area contributed by atoms with Crippen LogP contribution in [0.5, 0.6) is 0 Å². The number of carbonyl (C=O) groups is 3. The van der Waals surface area contributed by atoms with E-state index in [1.54, 1.807) is 83.9 Å². The third-order valence-corrected chi connectivity index (χ3v) is 20.9. The third kappa shape index (κ3) is 15.3. The van der Waals surface area contributed by atoms with Crippen molar-refractivity contribution >= 4 is 225 Å². The molecule has 12 N–H and O–H groups in total. The minimum Gasteiger partial charge on any atom is -0.481 e. The highest BCUT2D eigenvalue weighted by Gasteiger charge is 2.22. The largest absolute Gasteiger partial charge is 0.488 e. The van der Waals surface area contributed by atoms with Crippen LogP contribution < -0.4 is 22.4 Å². The number of nitrogens with two attached hydrogens (primary N) is 2. The molecule has 0 atom stereocenters. The average Bonchev–Trinajstić information content (AvgIpc) is 1.68. The lowest BCUT2D eigenvalue weighted by Crippen LogP contribution is -2.29. The highest BCUT2D eigenvalue weighted by molar-refractivity contribution is 9.10. The maximum Gasteiger partial charge on any atom is 0.488 e. The van der Waals surface area contributed by atoms with E-state index in [1.165, 1.54) is 0 Å². The summed E-state index contributed by atoms with van der Waals surface area (Å²) in [6.45, 7) is 3.79. The number of hydrogen-bond donors (Lipinski definition) is 10. The van der Waals surface area contributed by atoms with Gasteiger partial charge in [-0.15, -0.1) is 34.0 Å². The van der Waals surface area contributed by atoms with Gasteiger partial charge in [0.15, 0.2) is 11.3 Å². The summed E-state index contributed by atoms with van der Waals surface area (Å²) >= 11 is 26.7. The second-order valence-electron chi connectivity index (χ2n) is 23.2. The van der Waals surface area contributed by atoms with E-state index < -0.39 is 26.2 Å². The predicted octanol–water partition coefficient (Wildman–Crippen LogP) is 12.0. The lowest BCUT2D eigenvalue weighted by Gasteiger charge is -2.08. The molecule has 0 amide bonds. The molecule has 0 aliphatic carbocycles. The summed E-state index contributed by atoms with van der Waals surface area (Å²) in [6, 6.07) is 33.6. The monoisotopic (exact) mass is 1530 g/mol. The first kappa shape index (κ1) is 69.7. The number of benzene rings is 6. The number of aromatic nitrogens is 11. The Bertz CT molecular complexity index is 5850. The molecular weight excluding hydrogens is 1470 g/mol. The van der Waals surface area contributed by atoms with E-state index in [9.17, 15) is 44.7 Å². The number of aromatic amines is 2. The van der Waals surface area contributed by atoms with E-state index in [1.807, 2.05) is 107 Å². The molecule has 0 spiro atoms. The maximum atomic E-state index is 12.0. The normalized spacial score (nSPS) is 11.4. The van der Waals surface area contributed by atoms with Crippen molar-refractivity contribution in [3.8, 4) is 11.3 Å². The molecule has 32 heteroatoms. The number of imidazole rings is 2. The van der Waals surface area contributed by atoms with E-state index in [2.05, 4.69) is 76.5 Å². The van der Waals surface area contributed by atoms with Crippen molar-refractivity contribution in [2.24, 2.45) is 0 Å². The molecule has 0 unspecified atom stereocenters. The summed E-state index contributed by atoms with van der Waals surface area (Å²) in [5.74, 6) is -1.72. The Labute approximate surface area is 608 Å². The summed E-state index contributed by atoms with van der Waals surface area (Å²) in [5.41, 5.74) is 24.1. The fraction of sp³-hybridized carbons (Fsp3) is 0.116. The molecule has 0 aliphatic rings.